The van der Waals surface area contributed by atoms with Crippen molar-refractivity contribution in [3.63, 3.8) is 0 Å². The molecule has 1 aromatic rings. The fourth-order valence-corrected chi connectivity index (χ4v) is 2.32. The number of hydrogen-bond acceptors (Lipinski definition) is 4. The monoisotopic (exact) mass is 266 g/mol. The highest BCUT2D eigenvalue weighted by molar-refractivity contribution is 8.22. The van der Waals surface area contributed by atoms with Gasteiger partial charge in [0.15, 0.2) is 4.32 Å². The Morgan fingerprint density at radius 3 is 2.06 bits per heavy atom. The Hall–Kier alpha value is -1.40. The molecule has 0 fully saturated rings. The van der Waals surface area contributed by atoms with Crippen LogP contribution in [0.25, 0.3) is 0 Å². The van der Waals surface area contributed by atoms with Gasteiger partial charge in [-0.05, 0) is 12.1 Å². The third kappa shape index (κ3) is 2.05. The molecule has 1 aliphatic heterocycles. The topological polar surface area (TPSA) is 40.6 Å². The van der Waals surface area contributed by atoms with Crippen LogP contribution < -0.4 is 0 Å². The molecule has 6 heteroatoms. The number of hydrogen-bond donors (Lipinski definition) is 0. The summed E-state index contributed by atoms with van der Waals surface area (Å²) >= 11 is 6.05. The van der Waals surface area contributed by atoms with Gasteiger partial charge < -0.3 is 4.90 Å². The lowest BCUT2D eigenvalue weighted by molar-refractivity contribution is 0.0778. The molecule has 0 atom stereocenters. The molecule has 0 saturated carbocycles. The van der Waals surface area contributed by atoms with E-state index in [0.29, 0.717) is 15.4 Å². The maximum atomic E-state index is 12.0. The minimum Gasteiger partial charge on any atom is -0.362 e. The van der Waals surface area contributed by atoms with Crippen molar-refractivity contribution >= 4 is 40.3 Å². The quantitative estimate of drug-likeness (QED) is 0.440. The van der Waals surface area contributed by atoms with E-state index in [1.807, 2.05) is 0 Å². The predicted octanol–water partition coefficient (Wildman–Crippen LogP) is 1.78. The minimum atomic E-state index is -0.306. The maximum Gasteiger partial charge on any atom is 0.272 e. The van der Waals surface area contributed by atoms with E-state index in [1.165, 1.54) is 0 Å². The van der Waals surface area contributed by atoms with Gasteiger partial charge in [0.25, 0.3) is 11.8 Å². The largest absolute Gasteiger partial charge is 0.362 e. The van der Waals surface area contributed by atoms with Gasteiger partial charge in [-0.25, -0.2) is 4.31 Å². The Morgan fingerprint density at radius 2 is 1.65 bits per heavy atom. The first kappa shape index (κ1) is 12.1. The number of rotatable bonds is 1. The van der Waals surface area contributed by atoms with Gasteiger partial charge in [0.2, 0.25) is 0 Å². The van der Waals surface area contributed by atoms with Crippen LogP contribution in [0.4, 0.5) is 0 Å². The Bertz CT molecular complexity index is 479. The van der Waals surface area contributed by atoms with Crippen molar-refractivity contribution < 1.29 is 9.59 Å². The number of imide groups is 1. The first-order valence-corrected chi connectivity index (χ1v) is 6.07. The normalized spacial score (nSPS) is 13.9. The van der Waals surface area contributed by atoms with Crippen LogP contribution in [0.3, 0.4) is 0 Å². The summed E-state index contributed by atoms with van der Waals surface area (Å²) in [4.78, 5) is 25.6. The van der Waals surface area contributed by atoms with Gasteiger partial charge in [0.1, 0.15) is 0 Å². The third-order valence-corrected chi connectivity index (χ3v) is 3.92. The lowest BCUT2D eigenvalue weighted by Crippen LogP contribution is -2.28. The summed E-state index contributed by atoms with van der Waals surface area (Å²) in [5.41, 5.74) is 0.873. The minimum absolute atomic E-state index is 0.306. The highest BCUT2D eigenvalue weighted by Gasteiger charge is 2.36. The summed E-state index contributed by atoms with van der Waals surface area (Å²) in [5.74, 6) is -0.611. The lowest BCUT2D eigenvalue weighted by Gasteiger charge is -2.17. The molecule has 17 heavy (non-hydrogen) atoms. The molecule has 2 amide bonds. The Balaban J connectivity index is 2.28. The van der Waals surface area contributed by atoms with E-state index in [9.17, 15) is 9.59 Å². The Morgan fingerprint density at radius 1 is 1.18 bits per heavy atom. The van der Waals surface area contributed by atoms with E-state index in [0.717, 1.165) is 16.3 Å². The van der Waals surface area contributed by atoms with Gasteiger partial charge in [0.05, 0.1) is 11.1 Å². The van der Waals surface area contributed by atoms with E-state index < -0.39 is 0 Å². The molecule has 4 nitrogen and oxygen atoms in total. The van der Waals surface area contributed by atoms with Gasteiger partial charge >= 0.3 is 0 Å². The van der Waals surface area contributed by atoms with Crippen molar-refractivity contribution in [1.82, 2.24) is 9.21 Å². The van der Waals surface area contributed by atoms with E-state index in [2.05, 4.69) is 0 Å². The average Bonchev–Trinajstić information content (AvgIpc) is 2.55. The van der Waals surface area contributed by atoms with Crippen LogP contribution in [0.15, 0.2) is 24.3 Å². The summed E-state index contributed by atoms with van der Waals surface area (Å²) in [7, 11) is 3.54. The molecule has 0 saturated heterocycles. The molecule has 0 aliphatic carbocycles. The molecule has 0 radical (unpaired) electrons. The Kier molecular flexibility index (Phi) is 3.17. The fourth-order valence-electron chi connectivity index (χ4n) is 1.41. The molecule has 1 aliphatic rings. The number of thiocarbonyl (C=S) groups is 1. The number of benzene rings is 1. The number of amides is 2. The molecular weight excluding hydrogens is 256 g/mol. The number of carbonyl (C=O) groups excluding carboxylic acids is 2. The van der Waals surface area contributed by atoms with Crippen LogP contribution in [0.1, 0.15) is 20.7 Å². The molecule has 88 valence electrons. The second-order valence-electron chi connectivity index (χ2n) is 3.70. The molecule has 1 aromatic carbocycles. The van der Waals surface area contributed by atoms with E-state index >= 15 is 0 Å². The van der Waals surface area contributed by atoms with E-state index in [4.69, 9.17) is 12.2 Å². The van der Waals surface area contributed by atoms with Crippen LogP contribution in [0.5, 0.6) is 0 Å². The molecule has 1 heterocycles. The van der Waals surface area contributed by atoms with Crippen molar-refractivity contribution in [2.24, 2.45) is 0 Å². The molecule has 0 bridgehead atoms. The summed E-state index contributed by atoms with van der Waals surface area (Å²) in [6, 6.07) is 6.77. The molecule has 0 aromatic heterocycles. The van der Waals surface area contributed by atoms with Crippen LogP contribution in [0, 0.1) is 0 Å². The van der Waals surface area contributed by atoms with Crippen molar-refractivity contribution in [2.75, 3.05) is 14.1 Å². The zero-order valence-electron chi connectivity index (χ0n) is 9.34. The first-order chi connectivity index (χ1) is 8.02. The molecular formula is C11H10N2O2S2. The van der Waals surface area contributed by atoms with Gasteiger partial charge in [-0.1, -0.05) is 24.4 Å². The SMILES string of the molecule is CN(C)C(=S)SN1C(=O)c2ccccc2C1=O. The van der Waals surface area contributed by atoms with Crippen molar-refractivity contribution in [1.29, 1.82) is 0 Å². The summed E-state index contributed by atoms with van der Waals surface area (Å²) < 4.78 is 1.58. The third-order valence-electron chi connectivity index (χ3n) is 2.29. The van der Waals surface area contributed by atoms with Crippen molar-refractivity contribution in [2.45, 2.75) is 0 Å². The highest BCUT2D eigenvalue weighted by atomic mass is 32.2. The molecule has 0 N–H and O–H groups in total. The van der Waals surface area contributed by atoms with Crippen molar-refractivity contribution in [3.8, 4) is 0 Å². The fraction of sp³-hybridized carbons (Fsp3) is 0.182. The number of nitrogens with zero attached hydrogens (tertiary/aromatic N) is 2. The number of fused-ring (bicyclic) bond motifs is 1. The summed E-state index contributed by atoms with van der Waals surface area (Å²) in [6.45, 7) is 0. The zero-order chi connectivity index (χ0) is 12.6. The van der Waals surface area contributed by atoms with Crippen LogP contribution in [0.2, 0.25) is 0 Å². The standard InChI is InChI=1S/C11H10N2O2S2/c1-12(2)11(16)17-13-9(14)7-5-3-4-6-8(7)10(13)15/h3-6H,1-2H3. The predicted molar refractivity (Wildman–Crippen MR) is 70.8 cm³/mol. The van der Waals surface area contributed by atoms with Gasteiger partial charge in [-0.2, -0.15) is 0 Å². The molecule has 2 rings (SSSR count). The van der Waals surface area contributed by atoms with Crippen LogP contribution in [-0.4, -0.2) is 39.4 Å². The second-order valence-corrected chi connectivity index (χ2v) is 5.28. The highest BCUT2D eigenvalue weighted by Crippen LogP contribution is 2.29. The van der Waals surface area contributed by atoms with Crippen LogP contribution in [-0.2, 0) is 0 Å². The number of carbonyl (C=O) groups is 2. The van der Waals surface area contributed by atoms with E-state index in [1.54, 1.807) is 43.3 Å². The second kappa shape index (κ2) is 4.46. The maximum absolute atomic E-state index is 12.0. The Labute approximate surface area is 109 Å². The zero-order valence-corrected chi connectivity index (χ0v) is 11.0. The average molecular weight is 266 g/mol. The van der Waals surface area contributed by atoms with Crippen LogP contribution >= 0.6 is 24.2 Å². The van der Waals surface area contributed by atoms with E-state index in [-0.39, 0.29) is 11.8 Å². The molecule has 0 spiro atoms. The van der Waals surface area contributed by atoms with Crippen molar-refractivity contribution in [3.05, 3.63) is 35.4 Å². The molecule has 0 unspecified atom stereocenters. The summed E-state index contributed by atoms with van der Waals surface area (Å²) in [5, 5.41) is 0. The summed E-state index contributed by atoms with van der Waals surface area (Å²) in [6.07, 6.45) is 0. The van der Waals surface area contributed by atoms with Gasteiger partial charge in [0, 0.05) is 26.0 Å². The van der Waals surface area contributed by atoms with Gasteiger partial charge in [-0.15, -0.1) is 0 Å². The van der Waals surface area contributed by atoms with Gasteiger partial charge in [-0.3, -0.25) is 9.59 Å². The lowest BCUT2D eigenvalue weighted by atomic mass is 10.1. The first-order valence-electron chi connectivity index (χ1n) is 4.89. The smallest absolute Gasteiger partial charge is 0.272 e.